The molecule has 1 aliphatic rings. The number of rotatable bonds is 4. The van der Waals surface area contributed by atoms with E-state index in [2.05, 4.69) is 27.8 Å². The number of nitrogens with zero attached hydrogens (tertiary/aromatic N) is 1. The van der Waals surface area contributed by atoms with Crippen molar-refractivity contribution in [3.8, 4) is 11.1 Å². The molecule has 3 aromatic carbocycles. The quantitative estimate of drug-likeness (QED) is 0.368. The summed E-state index contributed by atoms with van der Waals surface area (Å²) in [6.45, 7) is 2.57. The van der Waals surface area contributed by atoms with Crippen LogP contribution in [-0.4, -0.2) is 56.0 Å². The minimum atomic E-state index is -0.833. The van der Waals surface area contributed by atoms with Crippen molar-refractivity contribution < 1.29 is 19.5 Å². The Bertz CT molecular complexity index is 1280. The second-order valence-corrected chi connectivity index (χ2v) is 9.91. The Morgan fingerprint density at radius 3 is 1.94 bits per heavy atom. The van der Waals surface area contributed by atoms with Crippen molar-refractivity contribution in [1.29, 1.82) is 0 Å². The fourth-order valence-electron chi connectivity index (χ4n) is 3.10. The molecule has 9 heteroatoms. The summed E-state index contributed by atoms with van der Waals surface area (Å²) < 4.78 is 1.32. The average Bonchev–Trinajstić information content (AvgIpc) is 3.14. The number of carbonyl (C=O) groups excluding carboxylic acids is 2. The molecule has 3 N–H and O–H groups in total. The molecule has 2 amide bonds. The van der Waals surface area contributed by atoms with Gasteiger partial charge in [-0.05, 0) is 23.3 Å². The van der Waals surface area contributed by atoms with Crippen molar-refractivity contribution in [2.45, 2.75) is 13.8 Å². The van der Waals surface area contributed by atoms with Gasteiger partial charge >= 0.3 is 139 Å². The number of carboxylic acid groups (broad SMARTS) is 1. The van der Waals surface area contributed by atoms with Crippen LogP contribution in [0.1, 0.15) is 19.4 Å². The second kappa shape index (κ2) is 12.5. The number of aliphatic imine (C=N–C) groups is 1. The van der Waals surface area contributed by atoms with Gasteiger partial charge in [0, 0.05) is 19.5 Å². The van der Waals surface area contributed by atoms with Crippen LogP contribution in [0.2, 0.25) is 0 Å². The van der Waals surface area contributed by atoms with Crippen LogP contribution in [0.25, 0.3) is 17.2 Å². The molecule has 0 radical (unpaired) electrons. The third-order valence-electron chi connectivity index (χ3n) is 4.67. The van der Waals surface area contributed by atoms with Gasteiger partial charge in [0.1, 0.15) is 0 Å². The van der Waals surface area contributed by atoms with E-state index < -0.39 is 5.97 Å². The molecule has 0 saturated heterocycles. The number of carboxylic acids is 1. The van der Waals surface area contributed by atoms with Crippen LogP contribution < -0.4 is 13.4 Å². The number of thioether (sulfide) groups is 1. The number of carbonyl (C=O) groups is 3. The molecule has 0 atom stereocenters. The predicted molar refractivity (Wildman–Crippen MR) is 143 cm³/mol. The monoisotopic (exact) mass is 495 g/mol. The zero-order valence-electron chi connectivity index (χ0n) is 19.5. The maximum absolute atomic E-state index is 12.3. The van der Waals surface area contributed by atoms with E-state index in [4.69, 9.17) is 9.90 Å². The van der Waals surface area contributed by atoms with E-state index in [9.17, 15) is 9.59 Å². The molecule has 172 valence electrons. The molecule has 0 saturated carbocycles. The number of hydrogen-bond acceptors (Lipinski definition) is 5. The summed E-state index contributed by atoms with van der Waals surface area (Å²) in [4.78, 5) is 37.1. The minimum Gasteiger partial charge on any atom is -0.481 e. The standard InChI is InChI=1S/C24H18N3O2S.C2H4O2.Na/c1-16(28)25-21-13-11-19(12-14-21)18-9-7-17(8-10-18)15-22-23(29)27-24(30-22)26-20-5-3-2-4-6-20;1-2(3)4;/h3-15H,1H3,(H,25,28)(H,26,27,29);1H3,(H,3,4);/b22-15+;;. The van der Waals surface area contributed by atoms with E-state index in [1.54, 1.807) is 0 Å². The molecule has 0 fully saturated rings. The molecule has 7 nitrogen and oxygen atoms in total. The van der Waals surface area contributed by atoms with Gasteiger partial charge in [0.15, 0.2) is 0 Å². The van der Waals surface area contributed by atoms with Gasteiger partial charge in [-0.1, -0.05) is 12.1 Å². The first-order chi connectivity index (χ1) is 16.7. The number of anilines is 2. The van der Waals surface area contributed by atoms with E-state index in [-0.39, 0.29) is 11.8 Å². The molecular formula is C26H22N3NaO4S. The van der Waals surface area contributed by atoms with Crippen LogP contribution in [0.4, 0.5) is 11.4 Å². The summed E-state index contributed by atoms with van der Waals surface area (Å²) in [5, 5.41) is 14.0. The third-order valence-corrected chi connectivity index (χ3v) is 6.24. The van der Waals surface area contributed by atoms with Crippen molar-refractivity contribution in [2.75, 3.05) is 10.6 Å². The third kappa shape index (κ3) is 8.52. The molecule has 4 rings (SSSR count). The van der Waals surface area contributed by atoms with Crippen molar-refractivity contribution in [3.63, 3.8) is 0 Å². The van der Waals surface area contributed by atoms with Crippen LogP contribution in [-0.2, 0) is 14.4 Å². The number of benzene rings is 3. The van der Waals surface area contributed by atoms with E-state index in [0.717, 1.165) is 62.9 Å². The fraction of sp³-hybridized carbons (Fsp3) is 0.0769. The maximum atomic E-state index is 12.3. The fourth-order valence-corrected chi connectivity index (χ4v) is 4.26. The molecule has 0 bridgehead atoms. The summed E-state index contributed by atoms with van der Waals surface area (Å²) in [7, 11) is 0. The topological polar surface area (TPSA) is 108 Å². The van der Waals surface area contributed by atoms with Gasteiger partial charge in [0.2, 0.25) is 5.91 Å². The Hall–Kier alpha value is -3.17. The first-order valence-corrected chi connectivity index (χ1v) is 12.5. The Morgan fingerprint density at radius 2 is 1.40 bits per heavy atom. The molecule has 1 aliphatic heterocycles. The molecule has 0 aliphatic carbocycles. The first-order valence-electron chi connectivity index (χ1n) is 10.7. The molecule has 3 aromatic rings. The molecular weight excluding hydrogens is 473 g/mol. The summed E-state index contributed by atoms with van der Waals surface area (Å²) in [6.07, 6.45) is 1.86. The summed E-state index contributed by atoms with van der Waals surface area (Å²) in [6, 6.07) is 23.8. The van der Waals surface area contributed by atoms with Gasteiger partial charge < -0.3 is 10.4 Å². The number of amidine groups is 1. The normalized spacial score (nSPS) is 13.5. The van der Waals surface area contributed by atoms with Gasteiger partial charge in [0.05, 0.1) is 0 Å². The van der Waals surface area contributed by atoms with Crippen LogP contribution in [0.15, 0.2) is 82.7 Å². The molecule has 0 unspecified atom stereocenters. The number of hydrogen-bond donors (Lipinski definition) is 3. The zero-order valence-corrected chi connectivity index (χ0v) is 22.3. The summed E-state index contributed by atoms with van der Waals surface area (Å²) in [5.74, 6) is -1.16. The van der Waals surface area contributed by atoms with Gasteiger partial charge in [-0.25, -0.2) is 0 Å². The van der Waals surface area contributed by atoms with Crippen molar-refractivity contribution in [1.82, 2.24) is 0 Å². The van der Waals surface area contributed by atoms with Crippen molar-refractivity contribution in [3.05, 3.63) is 83.3 Å². The summed E-state index contributed by atoms with van der Waals surface area (Å²) in [5.41, 5.74) is 4.74. The smallest absolute Gasteiger partial charge is 0.481 e. The first kappa shape index (κ1) is 26.4. The van der Waals surface area contributed by atoms with Crippen LogP contribution in [0.3, 0.4) is 0 Å². The van der Waals surface area contributed by atoms with Crippen molar-refractivity contribution >= 4 is 82.9 Å². The predicted octanol–water partition coefficient (Wildman–Crippen LogP) is 4.28. The SMILES string of the molecule is CC(=O)Nc1ccc(-c2ccc(/C=C3/SC(Nc4cc[c]([Na])cc4)=NC3=O)cc2)cc1.CC(=O)O. The van der Waals surface area contributed by atoms with E-state index in [0.29, 0.717) is 10.1 Å². The van der Waals surface area contributed by atoms with Gasteiger partial charge in [-0.15, -0.1) is 0 Å². The minimum absolute atomic E-state index is 0.0906. The number of amides is 2. The second-order valence-electron chi connectivity index (χ2n) is 7.72. The number of nitrogens with one attached hydrogen (secondary N) is 2. The molecule has 35 heavy (non-hydrogen) atoms. The van der Waals surface area contributed by atoms with Crippen LogP contribution in [0.5, 0.6) is 0 Å². The number of aliphatic carboxylic acids is 1. The molecule has 0 spiro atoms. The van der Waals surface area contributed by atoms with Crippen molar-refractivity contribution in [2.24, 2.45) is 4.99 Å². The Balaban J connectivity index is 0.000000795. The Morgan fingerprint density at radius 1 is 0.886 bits per heavy atom. The van der Waals surface area contributed by atoms with Gasteiger partial charge in [-0.2, -0.15) is 0 Å². The molecule has 1 heterocycles. The zero-order chi connectivity index (χ0) is 25.4. The van der Waals surface area contributed by atoms with E-state index in [1.807, 2.05) is 66.7 Å². The van der Waals surface area contributed by atoms with Gasteiger partial charge in [0.25, 0.3) is 5.97 Å². The van der Waals surface area contributed by atoms with Gasteiger partial charge in [-0.3, -0.25) is 9.59 Å². The van der Waals surface area contributed by atoms with E-state index >= 15 is 0 Å². The summed E-state index contributed by atoms with van der Waals surface area (Å²) >= 11 is 2.36. The molecule has 0 aromatic heterocycles. The Labute approximate surface area is 225 Å². The van der Waals surface area contributed by atoms with E-state index in [1.165, 1.54) is 21.5 Å². The Kier molecular flexibility index (Phi) is 9.45. The average molecular weight is 496 g/mol. The van der Waals surface area contributed by atoms with Crippen LogP contribution >= 0.6 is 11.8 Å². The van der Waals surface area contributed by atoms with Crippen LogP contribution in [0, 0.1) is 0 Å².